The number of carbonyl (C=O) groups excluding carboxylic acids is 1. The number of nitrogens with two attached hydrogens (primary N) is 1. The highest BCUT2D eigenvalue weighted by molar-refractivity contribution is 7.89. The number of likely N-dealkylation sites (N-methyl/N-ethyl adjacent to an activating group) is 1. The molecule has 0 atom stereocenters. The molecule has 0 unspecified atom stereocenters. The molecule has 1 aliphatic heterocycles. The third kappa shape index (κ3) is 5.47. The van der Waals surface area contributed by atoms with E-state index in [2.05, 4.69) is 10.2 Å². The van der Waals surface area contributed by atoms with Gasteiger partial charge in [-0.05, 0) is 31.3 Å². The standard InChI is InChI=1S/C17H22N4O4S.2ClH/c1-20-5-7-21(8-6-20)26(23,24)16-4-2-3-14(10-16)19-17(22)13-9-15(11-18)25-12-13;;/h2-4,9-10,12H,5-8,11,18H2,1H3,(H,19,22);2*1H. The van der Waals surface area contributed by atoms with Gasteiger partial charge in [-0.2, -0.15) is 4.31 Å². The molecule has 0 bridgehead atoms. The number of anilines is 1. The molecule has 28 heavy (non-hydrogen) atoms. The first-order valence-electron chi connectivity index (χ1n) is 8.28. The van der Waals surface area contributed by atoms with Crippen molar-refractivity contribution < 1.29 is 17.6 Å². The zero-order valence-electron chi connectivity index (χ0n) is 15.3. The van der Waals surface area contributed by atoms with Crippen LogP contribution in [0.25, 0.3) is 0 Å². The van der Waals surface area contributed by atoms with Crippen molar-refractivity contribution in [2.75, 3.05) is 38.5 Å². The minimum absolute atomic E-state index is 0. The average molecular weight is 451 g/mol. The van der Waals surface area contributed by atoms with Crippen LogP contribution in [-0.4, -0.2) is 56.8 Å². The Bertz CT molecular complexity index is 896. The molecule has 1 saturated heterocycles. The molecule has 1 aliphatic rings. The lowest BCUT2D eigenvalue weighted by atomic mass is 10.2. The maximum Gasteiger partial charge on any atom is 0.258 e. The lowest BCUT2D eigenvalue weighted by molar-refractivity contribution is 0.102. The van der Waals surface area contributed by atoms with Gasteiger partial charge in [0, 0.05) is 31.9 Å². The third-order valence-electron chi connectivity index (χ3n) is 4.31. The second kappa shape index (κ2) is 10.2. The first-order valence-corrected chi connectivity index (χ1v) is 9.72. The smallest absolute Gasteiger partial charge is 0.258 e. The van der Waals surface area contributed by atoms with Crippen molar-refractivity contribution in [3.63, 3.8) is 0 Å². The van der Waals surface area contributed by atoms with E-state index in [1.54, 1.807) is 18.2 Å². The van der Waals surface area contributed by atoms with Crippen LogP contribution in [0, 0.1) is 0 Å². The highest BCUT2D eigenvalue weighted by atomic mass is 35.5. The molecule has 1 aromatic carbocycles. The summed E-state index contributed by atoms with van der Waals surface area (Å²) in [5.41, 5.74) is 6.20. The van der Waals surface area contributed by atoms with E-state index in [1.807, 2.05) is 7.05 Å². The van der Waals surface area contributed by atoms with Gasteiger partial charge in [-0.1, -0.05) is 6.07 Å². The van der Waals surface area contributed by atoms with Gasteiger partial charge in [0.2, 0.25) is 10.0 Å². The molecule has 2 aromatic rings. The molecule has 1 amide bonds. The molecule has 3 N–H and O–H groups in total. The van der Waals surface area contributed by atoms with Gasteiger partial charge < -0.3 is 20.4 Å². The summed E-state index contributed by atoms with van der Waals surface area (Å²) in [5.74, 6) is 0.115. The Kier molecular flexibility index (Phi) is 8.93. The number of rotatable bonds is 5. The SMILES string of the molecule is CN1CCN(S(=O)(=O)c2cccc(NC(=O)c3coc(CN)c3)c2)CC1.Cl.Cl. The van der Waals surface area contributed by atoms with Crippen LogP contribution in [0.3, 0.4) is 0 Å². The van der Waals surface area contributed by atoms with Crippen molar-refractivity contribution in [3.05, 3.63) is 47.9 Å². The van der Waals surface area contributed by atoms with Gasteiger partial charge >= 0.3 is 0 Å². The number of piperazine rings is 1. The summed E-state index contributed by atoms with van der Waals surface area (Å²) in [6.45, 7) is 2.49. The van der Waals surface area contributed by atoms with E-state index in [1.165, 1.54) is 22.7 Å². The van der Waals surface area contributed by atoms with Crippen LogP contribution in [0.15, 0.2) is 45.9 Å². The van der Waals surface area contributed by atoms with E-state index >= 15 is 0 Å². The fourth-order valence-electron chi connectivity index (χ4n) is 2.72. The topological polar surface area (TPSA) is 109 Å². The molecule has 0 saturated carbocycles. The Hall–Kier alpha value is -1.62. The number of halogens is 2. The molecular weight excluding hydrogens is 427 g/mol. The lowest BCUT2D eigenvalue weighted by Crippen LogP contribution is -2.47. The summed E-state index contributed by atoms with van der Waals surface area (Å²) in [6, 6.07) is 7.81. The molecule has 0 aliphatic carbocycles. The Morgan fingerprint density at radius 3 is 2.46 bits per heavy atom. The number of amides is 1. The normalized spacial score (nSPS) is 15.4. The summed E-state index contributed by atoms with van der Waals surface area (Å²) in [5, 5.41) is 2.69. The van der Waals surface area contributed by atoms with E-state index in [-0.39, 0.29) is 42.2 Å². The monoisotopic (exact) mass is 450 g/mol. The van der Waals surface area contributed by atoms with Crippen LogP contribution < -0.4 is 11.1 Å². The highest BCUT2D eigenvalue weighted by Gasteiger charge is 2.27. The number of carbonyl (C=O) groups is 1. The number of furan rings is 1. The number of benzene rings is 1. The fourth-order valence-corrected chi connectivity index (χ4v) is 4.19. The summed E-state index contributed by atoms with van der Waals surface area (Å²) in [7, 11) is -1.62. The van der Waals surface area contributed by atoms with Crippen LogP contribution >= 0.6 is 24.8 Å². The first kappa shape index (κ1) is 24.4. The molecule has 1 aromatic heterocycles. The maximum atomic E-state index is 12.8. The third-order valence-corrected chi connectivity index (χ3v) is 6.20. The van der Waals surface area contributed by atoms with Crippen LogP contribution in [0.2, 0.25) is 0 Å². The highest BCUT2D eigenvalue weighted by Crippen LogP contribution is 2.21. The van der Waals surface area contributed by atoms with E-state index in [0.29, 0.717) is 43.2 Å². The molecule has 8 nitrogen and oxygen atoms in total. The van der Waals surface area contributed by atoms with Crippen molar-refractivity contribution in [1.29, 1.82) is 0 Å². The van der Waals surface area contributed by atoms with Gasteiger partial charge in [0.05, 0.1) is 17.0 Å². The predicted molar refractivity (Wildman–Crippen MR) is 112 cm³/mol. The second-order valence-electron chi connectivity index (χ2n) is 6.20. The lowest BCUT2D eigenvalue weighted by Gasteiger charge is -2.31. The molecule has 2 heterocycles. The molecule has 3 rings (SSSR count). The molecule has 11 heteroatoms. The number of sulfonamides is 1. The maximum absolute atomic E-state index is 12.8. The minimum atomic E-state index is -3.59. The summed E-state index contributed by atoms with van der Waals surface area (Å²) >= 11 is 0. The van der Waals surface area contributed by atoms with Gasteiger partial charge in [-0.15, -0.1) is 24.8 Å². The fraction of sp³-hybridized carbons (Fsp3) is 0.353. The van der Waals surface area contributed by atoms with Crippen molar-refractivity contribution in [1.82, 2.24) is 9.21 Å². The Balaban J connectivity index is 0.00000196. The Morgan fingerprint density at radius 1 is 1.18 bits per heavy atom. The average Bonchev–Trinajstić information content (AvgIpc) is 3.12. The van der Waals surface area contributed by atoms with Crippen LogP contribution in [0.5, 0.6) is 0 Å². The Morgan fingerprint density at radius 2 is 1.86 bits per heavy atom. The van der Waals surface area contributed by atoms with Gasteiger partial charge in [-0.25, -0.2) is 8.42 Å². The second-order valence-corrected chi connectivity index (χ2v) is 8.13. The van der Waals surface area contributed by atoms with E-state index in [0.717, 1.165) is 0 Å². The van der Waals surface area contributed by atoms with Gasteiger partial charge in [0.1, 0.15) is 12.0 Å². The van der Waals surface area contributed by atoms with Crippen LogP contribution in [-0.2, 0) is 16.6 Å². The molecule has 156 valence electrons. The van der Waals surface area contributed by atoms with Crippen molar-refractivity contribution in [2.45, 2.75) is 11.4 Å². The van der Waals surface area contributed by atoms with Crippen molar-refractivity contribution >= 4 is 46.4 Å². The molecule has 0 radical (unpaired) electrons. The van der Waals surface area contributed by atoms with E-state index in [4.69, 9.17) is 10.2 Å². The van der Waals surface area contributed by atoms with E-state index < -0.39 is 10.0 Å². The molecule has 0 spiro atoms. The quantitative estimate of drug-likeness (QED) is 0.718. The van der Waals surface area contributed by atoms with Gasteiger partial charge in [0.25, 0.3) is 5.91 Å². The van der Waals surface area contributed by atoms with Crippen LogP contribution in [0.4, 0.5) is 5.69 Å². The summed E-state index contributed by atoms with van der Waals surface area (Å²) < 4.78 is 32.2. The largest absolute Gasteiger partial charge is 0.467 e. The van der Waals surface area contributed by atoms with E-state index in [9.17, 15) is 13.2 Å². The Labute approximate surface area is 176 Å². The van der Waals surface area contributed by atoms with Crippen LogP contribution in [0.1, 0.15) is 16.1 Å². The van der Waals surface area contributed by atoms with Crippen molar-refractivity contribution in [3.8, 4) is 0 Å². The summed E-state index contributed by atoms with van der Waals surface area (Å²) in [6.07, 6.45) is 1.32. The van der Waals surface area contributed by atoms with Gasteiger partial charge in [-0.3, -0.25) is 4.79 Å². The summed E-state index contributed by atoms with van der Waals surface area (Å²) in [4.78, 5) is 14.5. The number of nitrogens with one attached hydrogen (secondary N) is 1. The van der Waals surface area contributed by atoms with Crippen molar-refractivity contribution in [2.24, 2.45) is 5.73 Å². The number of nitrogens with zero attached hydrogens (tertiary/aromatic N) is 2. The predicted octanol–water partition coefficient (Wildman–Crippen LogP) is 1.77. The molecular formula is C17H24Cl2N4O4S. The minimum Gasteiger partial charge on any atom is -0.467 e. The number of hydrogen-bond acceptors (Lipinski definition) is 6. The number of hydrogen-bond donors (Lipinski definition) is 2. The van der Waals surface area contributed by atoms with Gasteiger partial charge in [0.15, 0.2) is 0 Å². The molecule has 1 fully saturated rings. The zero-order valence-corrected chi connectivity index (χ0v) is 17.8. The first-order chi connectivity index (χ1) is 12.4. The zero-order chi connectivity index (χ0) is 18.7.